The first-order valence-corrected chi connectivity index (χ1v) is 11.1. The van der Waals surface area contributed by atoms with Crippen molar-refractivity contribution in [2.24, 2.45) is 5.73 Å². The predicted molar refractivity (Wildman–Crippen MR) is 122 cm³/mol. The van der Waals surface area contributed by atoms with Crippen LogP contribution < -0.4 is 5.73 Å². The molecule has 3 rings (SSSR count). The third kappa shape index (κ3) is 6.24. The van der Waals surface area contributed by atoms with Crippen LogP contribution in [-0.4, -0.2) is 60.9 Å². The first kappa shape index (κ1) is 23.6. The summed E-state index contributed by atoms with van der Waals surface area (Å²) in [5, 5.41) is 0. The summed E-state index contributed by atoms with van der Waals surface area (Å²) < 4.78 is 5.73. The number of hydrogen-bond acceptors (Lipinski definition) is 5. The molecule has 2 aromatic carbocycles. The van der Waals surface area contributed by atoms with Crippen LogP contribution in [0.3, 0.4) is 0 Å². The summed E-state index contributed by atoms with van der Waals surface area (Å²) in [6.07, 6.45) is 3.71. The SMILES string of the molecule is CN(CCOCCCCCCN1C(=O)c2ccccc2C1=O)Cc1cccc(C(N)=O)c1. The third-order valence-corrected chi connectivity index (χ3v) is 5.58. The Hall–Kier alpha value is -3.03. The van der Waals surface area contributed by atoms with Crippen LogP contribution in [-0.2, 0) is 11.3 Å². The molecule has 32 heavy (non-hydrogen) atoms. The van der Waals surface area contributed by atoms with Crippen molar-refractivity contribution in [2.45, 2.75) is 32.2 Å². The molecule has 1 aliphatic heterocycles. The van der Waals surface area contributed by atoms with Gasteiger partial charge < -0.3 is 10.5 Å². The number of rotatable bonds is 13. The quantitative estimate of drug-likeness (QED) is 0.384. The van der Waals surface area contributed by atoms with Gasteiger partial charge in [-0.3, -0.25) is 24.2 Å². The van der Waals surface area contributed by atoms with Crippen molar-refractivity contribution in [2.75, 3.05) is 33.4 Å². The lowest BCUT2D eigenvalue weighted by Gasteiger charge is -2.17. The smallest absolute Gasteiger partial charge is 0.261 e. The second-order valence-electron chi connectivity index (χ2n) is 8.14. The summed E-state index contributed by atoms with van der Waals surface area (Å²) in [4.78, 5) is 39.4. The molecule has 1 heterocycles. The van der Waals surface area contributed by atoms with E-state index in [4.69, 9.17) is 10.5 Å². The molecule has 0 aromatic heterocycles. The van der Waals surface area contributed by atoms with Crippen LogP contribution in [0.4, 0.5) is 0 Å². The van der Waals surface area contributed by atoms with Crippen LogP contribution in [0.5, 0.6) is 0 Å². The van der Waals surface area contributed by atoms with Gasteiger partial charge in [-0.1, -0.05) is 37.1 Å². The van der Waals surface area contributed by atoms with Gasteiger partial charge in [0, 0.05) is 31.8 Å². The van der Waals surface area contributed by atoms with Crippen molar-refractivity contribution < 1.29 is 19.1 Å². The van der Waals surface area contributed by atoms with E-state index >= 15 is 0 Å². The number of ether oxygens (including phenoxy) is 1. The molecule has 0 saturated heterocycles. The molecule has 0 spiro atoms. The summed E-state index contributed by atoms with van der Waals surface area (Å²) in [7, 11) is 2.01. The zero-order chi connectivity index (χ0) is 22.9. The summed E-state index contributed by atoms with van der Waals surface area (Å²) in [6, 6.07) is 14.3. The molecule has 2 aromatic rings. The second-order valence-corrected chi connectivity index (χ2v) is 8.14. The number of carbonyl (C=O) groups excluding carboxylic acids is 3. The maximum Gasteiger partial charge on any atom is 0.261 e. The fourth-order valence-electron chi connectivity index (χ4n) is 3.81. The van der Waals surface area contributed by atoms with Gasteiger partial charge in [-0.05, 0) is 49.7 Å². The second kappa shape index (κ2) is 11.5. The Morgan fingerprint density at radius 2 is 1.62 bits per heavy atom. The van der Waals surface area contributed by atoms with E-state index in [1.165, 1.54) is 4.90 Å². The molecule has 170 valence electrons. The van der Waals surface area contributed by atoms with Gasteiger partial charge >= 0.3 is 0 Å². The van der Waals surface area contributed by atoms with E-state index in [1.807, 2.05) is 25.2 Å². The molecule has 0 saturated carbocycles. The molecule has 0 unspecified atom stereocenters. The molecule has 2 N–H and O–H groups in total. The van der Waals surface area contributed by atoms with Gasteiger partial charge in [-0.15, -0.1) is 0 Å². The van der Waals surface area contributed by atoms with Crippen molar-refractivity contribution in [3.05, 3.63) is 70.8 Å². The number of unbranched alkanes of at least 4 members (excludes halogenated alkanes) is 3. The van der Waals surface area contributed by atoms with Gasteiger partial charge in [0.2, 0.25) is 5.91 Å². The van der Waals surface area contributed by atoms with Crippen molar-refractivity contribution >= 4 is 17.7 Å². The number of carbonyl (C=O) groups is 3. The molecule has 1 aliphatic rings. The molecule has 0 aliphatic carbocycles. The van der Waals surface area contributed by atoms with Gasteiger partial charge in [0.25, 0.3) is 11.8 Å². The number of hydrogen-bond donors (Lipinski definition) is 1. The average molecular weight is 438 g/mol. The number of fused-ring (bicyclic) bond motifs is 1. The van der Waals surface area contributed by atoms with Gasteiger partial charge in [-0.2, -0.15) is 0 Å². The highest BCUT2D eigenvalue weighted by Crippen LogP contribution is 2.22. The Labute approximate surface area is 189 Å². The van der Waals surface area contributed by atoms with Crippen molar-refractivity contribution in [1.82, 2.24) is 9.80 Å². The summed E-state index contributed by atoms with van der Waals surface area (Å²) in [5.41, 5.74) is 7.92. The Bertz CT molecular complexity index is 925. The van der Waals surface area contributed by atoms with Crippen LogP contribution in [0.25, 0.3) is 0 Å². The van der Waals surface area contributed by atoms with Crippen LogP contribution in [0.2, 0.25) is 0 Å². The van der Waals surface area contributed by atoms with Crippen LogP contribution in [0, 0.1) is 0 Å². The van der Waals surface area contributed by atoms with Gasteiger partial charge in [0.05, 0.1) is 17.7 Å². The number of nitrogens with two attached hydrogens (primary N) is 1. The highest BCUT2D eigenvalue weighted by molar-refractivity contribution is 6.21. The Morgan fingerprint density at radius 3 is 2.31 bits per heavy atom. The Morgan fingerprint density at radius 1 is 0.938 bits per heavy atom. The Balaban J connectivity index is 1.23. The van der Waals surface area contributed by atoms with E-state index in [1.54, 1.807) is 30.3 Å². The summed E-state index contributed by atoms with van der Waals surface area (Å²) in [5.74, 6) is -0.777. The zero-order valence-corrected chi connectivity index (χ0v) is 18.6. The summed E-state index contributed by atoms with van der Waals surface area (Å²) in [6.45, 7) is 3.32. The highest BCUT2D eigenvalue weighted by Gasteiger charge is 2.34. The van der Waals surface area contributed by atoms with Crippen molar-refractivity contribution in [1.29, 1.82) is 0 Å². The fraction of sp³-hybridized carbons (Fsp3) is 0.400. The Kier molecular flexibility index (Phi) is 8.53. The molecular formula is C25H31N3O4. The number of primary amides is 1. The lowest BCUT2D eigenvalue weighted by molar-refractivity contribution is 0.0650. The standard InChI is InChI=1S/C25H31N3O4/c1-27(18-19-9-8-10-20(17-19)23(26)29)14-16-32-15-7-3-2-6-13-28-24(30)21-11-4-5-12-22(21)25(28)31/h4-5,8-12,17H,2-3,6-7,13-16,18H2,1H3,(H2,26,29). The number of likely N-dealkylation sites (N-methyl/N-ethyl adjacent to an activating group) is 1. The molecule has 0 radical (unpaired) electrons. The molecule has 0 fully saturated rings. The first-order valence-electron chi connectivity index (χ1n) is 11.1. The fourth-order valence-corrected chi connectivity index (χ4v) is 3.81. The van der Waals surface area contributed by atoms with Gasteiger partial charge in [0.1, 0.15) is 0 Å². The van der Waals surface area contributed by atoms with Crippen molar-refractivity contribution in [3.63, 3.8) is 0 Å². The van der Waals surface area contributed by atoms with Crippen LogP contribution in [0.1, 0.15) is 62.3 Å². The molecule has 3 amide bonds. The largest absolute Gasteiger partial charge is 0.380 e. The monoisotopic (exact) mass is 437 g/mol. The minimum absolute atomic E-state index is 0.181. The minimum Gasteiger partial charge on any atom is -0.380 e. The van der Waals surface area contributed by atoms with Gasteiger partial charge in [-0.25, -0.2) is 0 Å². The van der Waals surface area contributed by atoms with Crippen molar-refractivity contribution in [3.8, 4) is 0 Å². The van der Waals surface area contributed by atoms with Crippen LogP contribution in [0.15, 0.2) is 48.5 Å². The predicted octanol–water partition coefficient (Wildman–Crippen LogP) is 3.09. The molecule has 0 atom stereocenters. The zero-order valence-electron chi connectivity index (χ0n) is 18.6. The first-order chi connectivity index (χ1) is 15.5. The van der Waals surface area contributed by atoms with Gasteiger partial charge in [0.15, 0.2) is 0 Å². The van der Waals surface area contributed by atoms with E-state index in [-0.39, 0.29) is 11.8 Å². The van der Waals surface area contributed by atoms with E-state index in [9.17, 15) is 14.4 Å². The number of benzene rings is 2. The molecule has 7 nitrogen and oxygen atoms in total. The van der Waals surface area contributed by atoms with E-state index in [0.717, 1.165) is 44.3 Å². The van der Waals surface area contributed by atoms with E-state index < -0.39 is 5.91 Å². The molecule has 7 heteroatoms. The maximum absolute atomic E-state index is 12.3. The number of nitrogens with zero attached hydrogens (tertiary/aromatic N) is 2. The third-order valence-electron chi connectivity index (χ3n) is 5.58. The normalized spacial score (nSPS) is 13.1. The lowest BCUT2D eigenvalue weighted by Crippen LogP contribution is -2.30. The van der Waals surface area contributed by atoms with E-state index in [0.29, 0.717) is 36.4 Å². The maximum atomic E-state index is 12.3. The molecular weight excluding hydrogens is 406 g/mol. The minimum atomic E-state index is -0.415. The number of imide groups is 1. The topological polar surface area (TPSA) is 92.9 Å². The highest BCUT2D eigenvalue weighted by atomic mass is 16.5. The number of amides is 3. The summed E-state index contributed by atoms with van der Waals surface area (Å²) >= 11 is 0. The van der Waals surface area contributed by atoms with Crippen LogP contribution >= 0.6 is 0 Å². The lowest BCUT2D eigenvalue weighted by atomic mass is 10.1. The average Bonchev–Trinajstić information content (AvgIpc) is 3.03. The molecule has 0 bridgehead atoms. The van der Waals surface area contributed by atoms with E-state index in [2.05, 4.69) is 4.90 Å².